The Morgan fingerprint density at radius 2 is 2.05 bits per heavy atom. The van der Waals surface area contributed by atoms with E-state index in [-0.39, 0.29) is 12.5 Å². The fourth-order valence-electron chi connectivity index (χ4n) is 1.67. The van der Waals surface area contributed by atoms with Gasteiger partial charge >= 0.3 is 5.97 Å². The van der Waals surface area contributed by atoms with Crippen molar-refractivity contribution in [1.82, 2.24) is 15.6 Å². The highest BCUT2D eigenvalue weighted by Crippen LogP contribution is 2.04. The van der Waals surface area contributed by atoms with E-state index < -0.39 is 23.8 Å². The largest absolute Gasteiger partial charge is 0.480 e. The summed E-state index contributed by atoms with van der Waals surface area (Å²) in [5, 5.41) is 13.8. The normalized spacial score (nSPS) is 11.9. The fraction of sp³-hybridized carbons (Fsp3) is 0.462. The Kier molecular flexibility index (Phi) is 5.76. The summed E-state index contributed by atoms with van der Waals surface area (Å²) >= 11 is 0. The molecule has 2 amide bonds. The molecule has 110 valence electrons. The van der Waals surface area contributed by atoms with Crippen LogP contribution in [-0.2, 0) is 9.59 Å². The third-order valence-corrected chi connectivity index (χ3v) is 2.59. The molecular formula is C13H19N3O4. The second-order valence-corrected chi connectivity index (χ2v) is 4.85. The van der Waals surface area contributed by atoms with Crippen LogP contribution in [0.4, 0.5) is 0 Å². The number of hydrogen-bond donors (Lipinski definition) is 4. The van der Waals surface area contributed by atoms with Gasteiger partial charge < -0.3 is 20.7 Å². The Bertz CT molecular complexity index is 468. The van der Waals surface area contributed by atoms with E-state index in [0.717, 1.165) is 0 Å². The zero-order valence-electron chi connectivity index (χ0n) is 11.5. The molecule has 0 saturated carbocycles. The van der Waals surface area contributed by atoms with E-state index in [4.69, 9.17) is 5.11 Å². The fourth-order valence-corrected chi connectivity index (χ4v) is 1.67. The molecule has 7 heteroatoms. The topological polar surface area (TPSA) is 111 Å². The number of carbonyl (C=O) groups excluding carboxylic acids is 2. The van der Waals surface area contributed by atoms with Gasteiger partial charge in [0.1, 0.15) is 11.7 Å². The van der Waals surface area contributed by atoms with Crippen LogP contribution in [0.3, 0.4) is 0 Å². The van der Waals surface area contributed by atoms with Gasteiger partial charge in [0.15, 0.2) is 0 Å². The number of aliphatic carboxylic acids is 1. The summed E-state index contributed by atoms with van der Waals surface area (Å²) in [6.45, 7) is 3.48. The van der Waals surface area contributed by atoms with Gasteiger partial charge in [0.05, 0.1) is 6.54 Å². The maximum Gasteiger partial charge on any atom is 0.326 e. The number of amides is 2. The highest BCUT2D eigenvalue weighted by Gasteiger charge is 2.21. The first kappa shape index (κ1) is 15.7. The smallest absolute Gasteiger partial charge is 0.326 e. The summed E-state index contributed by atoms with van der Waals surface area (Å²) in [6, 6.07) is 2.30. The molecule has 1 heterocycles. The Hall–Kier alpha value is -2.31. The number of carbonyl (C=O) groups is 3. The second kappa shape index (κ2) is 7.32. The van der Waals surface area contributed by atoms with Gasteiger partial charge in [0.2, 0.25) is 5.91 Å². The molecule has 4 N–H and O–H groups in total. The van der Waals surface area contributed by atoms with Gasteiger partial charge in [0.25, 0.3) is 5.91 Å². The Labute approximate surface area is 116 Å². The van der Waals surface area contributed by atoms with Crippen LogP contribution in [0.2, 0.25) is 0 Å². The zero-order chi connectivity index (χ0) is 15.1. The first-order valence-electron chi connectivity index (χ1n) is 6.34. The number of rotatable bonds is 7. The van der Waals surface area contributed by atoms with Crippen molar-refractivity contribution in [2.45, 2.75) is 26.3 Å². The van der Waals surface area contributed by atoms with Crippen molar-refractivity contribution in [3.05, 3.63) is 24.0 Å². The predicted octanol–water partition coefficient (Wildman–Crippen LogP) is 0.360. The van der Waals surface area contributed by atoms with Crippen molar-refractivity contribution in [3.63, 3.8) is 0 Å². The summed E-state index contributed by atoms with van der Waals surface area (Å²) in [6.07, 6.45) is 1.93. The zero-order valence-corrected chi connectivity index (χ0v) is 11.5. The molecule has 1 aromatic heterocycles. The standard InChI is InChI=1S/C13H19N3O4/c1-8(2)6-10(13(19)20)16-11(17)7-15-12(18)9-4-3-5-14-9/h3-5,8,10,14H,6-7H2,1-2H3,(H,15,18)(H,16,17)(H,19,20)/t10-/m0/s1. The van der Waals surface area contributed by atoms with E-state index in [1.165, 1.54) is 0 Å². The lowest BCUT2D eigenvalue weighted by atomic mass is 10.0. The molecule has 0 aliphatic heterocycles. The van der Waals surface area contributed by atoms with Crippen LogP contribution >= 0.6 is 0 Å². The van der Waals surface area contributed by atoms with Crippen LogP contribution in [0, 0.1) is 5.92 Å². The first-order chi connectivity index (χ1) is 9.40. The van der Waals surface area contributed by atoms with Gasteiger partial charge in [-0.3, -0.25) is 9.59 Å². The van der Waals surface area contributed by atoms with Gasteiger partial charge in [-0.15, -0.1) is 0 Å². The van der Waals surface area contributed by atoms with E-state index >= 15 is 0 Å². The van der Waals surface area contributed by atoms with Crippen LogP contribution in [0.5, 0.6) is 0 Å². The van der Waals surface area contributed by atoms with Crippen LogP contribution in [0.25, 0.3) is 0 Å². The molecule has 0 spiro atoms. The molecule has 1 aromatic rings. The summed E-state index contributed by atoms with van der Waals surface area (Å²) in [5.74, 6) is -1.88. The number of aromatic amines is 1. The molecule has 0 bridgehead atoms. The number of nitrogens with one attached hydrogen (secondary N) is 3. The number of aromatic nitrogens is 1. The molecule has 0 saturated heterocycles. The maximum absolute atomic E-state index is 11.6. The van der Waals surface area contributed by atoms with Gasteiger partial charge in [-0.2, -0.15) is 0 Å². The average Bonchev–Trinajstić information content (AvgIpc) is 2.88. The third kappa shape index (κ3) is 5.13. The minimum atomic E-state index is -1.08. The average molecular weight is 281 g/mol. The number of carboxylic acid groups (broad SMARTS) is 1. The minimum Gasteiger partial charge on any atom is -0.480 e. The van der Waals surface area contributed by atoms with Crippen LogP contribution < -0.4 is 10.6 Å². The highest BCUT2D eigenvalue weighted by atomic mass is 16.4. The van der Waals surface area contributed by atoms with Gasteiger partial charge in [-0.1, -0.05) is 13.8 Å². The SMILES string of the molecule is CC(C)C[C@H](NC(=O)CNC(=O)c1ccc[nH]1)C(=O)O. The molecule has 0 unspecified atom stereocenters. The number of hydrogen-bond acceptors (Lipinski definition) is 3. The lowest BCUT2D eigenvalue weighted by Gasteiger charge is -2.16. The van der Waals surface area contributed by atoms with Crippen LogP contribution in [0.15, 0.2) is 18.3 Å². The first-order valence-corrected chi connectivity index (χ1v) is 6.34. The molecule has 0 fully saturated rings. The molecule has 0 aliphatic rings. The van der Waals surface area contributed by atoms with Crippen molar-refractivity contribution in [2.75, 3.05) is 6.54 Å². The number of H-pyrrole nitrogens is 1. The lowest BCUT2D eigenvalue weighted by Crippen LogP contribution is -2.46. The molecular weight excluding hydrogens is 262 g/mol. The molecule has 20 heavy (non-hydrogen) atoms. The molecule has 0 aliphatic carbocycles. The predicted molar refractivity (Wildman–Crippen MR) is 72.1 cm³/mol. The minimum absolute atomic E-state index is 0.143. The van der Waals surface area contributed by atoms with Crippen LogP contribution in [0.1, 0.15) is 30.8 Å². The lowest BCUT2D eigenvalue weighted by molar-refractivity contribution is -0.142. The van der Waals surface area contributed by atoms with E-state index in [1.807, 2.05) is 13.8 Å². The van der Waals surface area contributed by atoms with Crippen molar-refractivity contribution in [1.29, 1.82) is 0 Å². The van der Waals surface area contributed by atoms with Crippen molar-refractivity contribution in [3.8, 4) is 0 Å². The van der Waals surface area contributed by atoms with E-state index in [1.54, 1.807) is 18.3 Å². The quantitative estimate of drug-likeness (QED) is 0.578. The van der Waals surface area contributed by atoms with E-state index in [0.29, 0.717) is 12.1 Å². The van der Waals surface area contributed by atoms with Crippen molar-refractivity contribution >= 4 is 17.8 Å². The van der Waals surface area contributed by atoms with E-state index in [2.05, 4.69) is 15.6 Å². The maximum atomic E-state index is 11.6. The van der Waals surface area contributed by atoms with Gasteiger partial charge in [-0.05, 0) is 24.5 Å². The van der Waals surface area contributed by atoms with Crippen LogP contribution in [-0.4, -0.2) is 40.5 Å². The number of carboxylic acids is 1. The van der Waals surface area contributed by atoms with E-state index in [9.17, 15) is 14.4 Å². The summed E-state index contributed by atoms with van der Waals surface area (Å²) in [4.78, 5) is 36.9. The van der Waals surface area contributed by atoms with Crippen molar-refractivity contribution < 1.29 is 19.5 Å². The monoisotopic (exact) mass is 281 g/mol. The summed E-state index contributed by atoms with van der Waals surface area (Å²) in [7, 11) is 0. The molecule has 0 aromatic carbocycles. The highest BCUT2D eigenvalue weighted by molar-refractivity contribution is 5.95. The Morgan fingerprint density at radius 3 is 2.55 bits per heavy atom. The molecule has 0 radical (unpaired) electrons. The molecule has 1 rings (SSSR count). The van der Waals surface area contributed by atoms with Crippen molar-refractivity contribution in [2.24, 2.45) is 5.92 Å². The Balaban J connectivity index is 2.42. The van der Waals surface area contributed by atoms with Gasteiger partial charge in [-0.25, -0.2) is 4.79 Å². The summed E-state index contributed by atoms with van der Waals surface area (Å²) < 4.78 is 0. The second-order valence-electron chi connectivity index (χ2n) is 4.85. The third-order valence-electron chi connectivity index (χ3n) is 2.59. The Morgan fingerprint density at radius 1 is 1.35 bits per heavy atom. The molecule has 7 nitrogen and oxygen atoms in total. The van der Waals surface area contributed by atoms with Gasteiger partial charge in [0, 0.05) is 6.20 Å². The summed E-state index contributed by atoms with van der Waals surface area (Å²) in [5.41, 5.74) is 0.342. The molecule has 1 atom stereocenters.